The van der Waals surface area contributed by atoms with Crippen molar-refractivity contribution >= 4 is 44.9 Å². The minimum atomic E-state index is -3.80. The number of hydrogen-bond acceptors (Lipinski definition) is 5. The summed E-state index contributed by atoms with van der Waals surface area (Å²) in [5.74, 6) is -0.974. The summed E-state index contributed by atoms with van der Waals surface area (Å²) in [6.07, 6.45) is 0.460. The third-order valence-corrected chi connectivity index (χ3v) is 7.64. The number of carbonyl (C=O) groups excluding carboxylic acids is 2. The molecule has 7 nitrogen and oxygen atoms in total. The van der Waals surface area contributed by atoms with Gasteiger partial charge in [-0.15, -0.1) is 0 Å². The van der Waals surface area contributed by atoms with Crippen molar-refractivity contribution in [2.24, 2.45) is 0 Å². The van der Waals surface area contributed by atoms with Crippen LogP contribution in [0, 0.1) is 0 Å². The van der Waals surface area contributed by atoms with Crippen LogP contribution in [0.4, 0.5) is 11.4 Å². The summed E-state index contributed by atoms with van der Waals surface area (Å²) in [4.78, 5) is 25.0. The van der Waals surface area contributed by atoms with Crippen molar-refractivity contribution in [1.29, 1.82) is 0 Å². The molecule has 3 aromatic carbocycles. The average Bonchev–Trinajstić information content (AvgIpc) is 3.14. The van der Waals surface area contributed by atoms with E-state index in [-0.39, 0.29) is 16.5 Å². The van der Waals surface area contributed by atoms with Crippen molar-refractivity contribution in [3.05, 3.63) is 88.4 Å². The summed E-state index contributed by atoms with van der Waals surface area (Å²) in [6, 6.07) is 17.1. The molecule has 170 valence electrons. The molecule has 0 bridgehead atoms. The van der Waals surface area contributed by atoms with Crippen LogP contribution in [0.15, 0.2) is 71.6 Å². The van der Waals surface area contributed by atoms with Gasteiger partial charge in [0.05, 0.1) is 28.9 Å². The number of halogens is 1. The third kappa shape index (κ3) is 4.31. The van der Waals surface area contributed by atoms with Crippen molar-refractivity contribution < 1.29 is 22.7 Å². The zero-order chi connectivity index (χ0) is 23.8. The highest BCUT2D eigenvalue weighted by atomic mass is 35.5. The molecule has 4 rings (SSSR count). The van der Waals surface area contributed by atoms with Gasteiger partial charge in [0.2, 0.25) is 0 Å². The molecular weight excluding hydrogens is 464 g/mol. The Labute approximate surface area is 197 Å². The lowest BCUT2D eigenvalue weighted by molar-refractivity contribution is 0.0602. The van der Waals surface area contributed by atoms with E-state index in [2.05, 4.69) is 5.32 Å². The number of anilines is 2. The summed E-state index contributed by atoms with van der Waals surface area (Å²) in [7, 11) is -2.52. The fourth-order valence-electron chi connectivity index (χ4n) is 3.90. The van der Waals surface area contributed by atoms with Gasteiger partial charge in [-0.25, -0.2) is 13.2 Å². The minimum Gasteiger partial charge on any atom is -0.465 e. The maximum absolute atomic E-state index is 13.3. The third-order valence-electron chi connectivity index (χ3n) is 5.45. The van der Waals surface area contributed by atoms with Crippen LogP contribution in [0.25, 0.3) is 0 Å². The number of benzene rings is 3. The molecule has 0 radical (unpaired) electrons. The number of amides is 1. The monoisotopic (exact) mass is 484 g/mol. The molecule has 0 unspecified atom stereocenters. The predicted octanol–water partition coefficient (Wildman–Crippen LogP) is 4.52. The predicted molar refractivity (Wildman–Crippen MR) is 126 cm³/mol. The maximum atomic E-state index is 13.3. The Kier molecular flexibility index (Phi) is 6.14. The van der Waals surface area contributed by atoms with Crippen LogP contribution in [0.2, 0.25) is 5.02 Å². The van der Waals surface area contributed by atoms with Gasteiger partial charge in [-0.1, -0.05) is 23.7 Å². The fourth-order valence-corrected chi connectivity index (χ4v) is 5.72. The molecule has 33 heavy (non-hydrogen) atoms. The average molecular weight is 485 g/mol. The maximum Gasteiger partial charge on any atom is 0.339 e. The molecule has 1 aliphatic rings. The Hall–Kier alpha value is -3.36. The van der Waals surface area contributed by atoms with Crippen molar-refractivity contribution in [2.45, 2.75) is 24.3 Å². The normalized spacial score (nSPS) is 15.1. The summed E-state index contributed by atoms with van der Waals surface area (Å²) in [5, 5.41) is 3.18. The molecule has 1 N–H and O–H groups in total. The first-order chi connectivity index (χ1) is 15.7. The number of nitrogens with zero attached hydrogens (tertiary/aromatic N) is 1. The molecule has 3 aromatic rings. The summed E-state index contributed by atoms with van der Waals surface area (Å²) in [6.45, 7) is 1.82. The Bertz CT molecular complexity index is 1340. The number of esters is 1. The number of nitrogens with one attached hydrogen (secondary N) is 1. The lowest BCUT2D eigenvalue weighted by Crippen LogP contribution is -2.35. The van der Waals surface area contributed by atoms with Gasteiger partial charge >= 0.3 is 5.97 Å². The molecule has 0 fully saturated rings. The topological polar surface area (TPSA) is 92.8 Å². The highest BCUT2D eigenvalue weighted by Gasteiger charge is 2.36. The minimum absolute atomic E-state index is 0.146. The Balaban J connectivity index is 1.63. The fraction of sp³-hybridized carbons (Fsp3) is 0.167. The van der Waals surface area contributed by atoms with Gasteiger partial charge in [-0.05, 0) is 73.5 Å². The second-order valence-corrected chi connectivity index (χ2v) is 9.89. The zero-order valence-electron chi connectivity index (χ0n) is 17.9. The largest absolute Gasteiger partial charge is 0.465 e. The quantitative estimate of drug-likeness (QED) is 0.537. The summed E-state index contributed by atoms with van der Waals surface area (Å²) >= 11 is 5.90. The smallest absolute Gasteiger partial charge is 0.339 e. The van der Waals surface area contributed by atoms with Crippen molar-refractivity contribution in [1.82, 2.24) is 0 Å². The van der Waals surface area contributed by atoms with E-state index in [4.69, 9.17) is 16.3 Å². The van der Waals surface area contributed by atoms with Crippen LogP contribution < -0.4 is 9.62 Å². The molecule has 0 aromatic heterocycles. The first kappa shape index (κ1) is 22.8. The molecule has 0 aliphatic carbocycles. The Morgan fingerprint density at radius 2 is 1.76 bits per heavy atom. The summed E-state index contributed by atoms with van der Waals surface area (Å²) < 4.78 is 32.7. The first-order valence-corrected chi connectivity index (χ1v) is 12.0. The lowest BCUT2D eigenvalue weighted by atomic mass is 10.1. The van der Waals surface area contributed by atoms with Crippen LogP contribution >= 0.6 is 11.6 Å². The number of methoxy groups -OCH3 is 1. The number of rotatable bonds is 5. The molecule has 1 aliphatic heterocycles. The van der Waals surface area contributed by atoms with Crippen LogP contribution in [0.1, 0.15) is 33.2 Å². The van der Waals surface area contributed by atoms with Gasteiger partial charge in [-0.3, -0.25) is 9.10 Å². The molecular formula is C24H21ClN2O5S. The second-order valence-electron chi connectivity index (χ2n) is 7.64. The number of hydrogen-bond donors (Lipinski definition) is 1. The molecule has 1 amide bonds. The standard InChI is InChI=1S/C24H21ClN2O5S/c1-15-13-17-14-16(23(28)26-21-6-4-3-5-20(21)24(29)32-2)7-12-22(17)27(15)33(30,31)19-10-8-18(25)9-11-19/h3-12,14-15H,13H2,1-2H3,(H,26,28)/t15-/m0/s1. The Morgan fingerprint density at radius 3 is 2.45 bits per heavy atom. The van der Waals surface area contributed by atoms with Crippen LogP contribution in [-0.4, -0.2) is 33.4 Å². The van der Waals surface area contributed by atoms with Crippen molar-refractivity contribution in [3.8, 4) is 0 Å². The van der Waals surface area contributed by atoms with Gasteiger partial charge in [-0.2, -0.15) is 0 Å². The van der Waals surface area contributed by atoms with E-state index in [9.17, 15) is 18.0 Å². The van der Waals surface area contributed by atoms with E-state index in [1.165, 1.54) is 35.7 Å². The zero-order valence-corrected chi connectivity index (χ0v) is 19.5. The molecule has 1 atom stereocenters. The number of fused-ring (bicyclic) bond motifs is 1. The summed E-state index contributed by atoms with van der Waals surface area (Å²) in [5.41, 5.74) is 2.20. The molecule has 0 saturated carbocycles. The van der Waals surface area contributed by atoms with Crippen LogP contribution in [0.5, 0.6) is 0 Å². The second kappa shape index (κ2) is 8.88. The highest BCUT2D eigenvalue weighted by molar-refractivity contribution is 7.92. The van der Waals surface area contributed by atoms with E-state index >= 15 is 0 Å². The SMILES string of the molecule is COC(=O)c1ccccc1NC(=O)c1ccc2c(c1)C[C@H](C)N2S(=O)(=O)c1ccc(Cl)cc1. The van der Waals surface area contributed by atoms with E-state index < -0.39 is 21.9 Å². The van der Waals surface area contributed by atoms with Crippen molar-refractivity contribution in [2.75, 3.05) is 16.7 Å². The van der Waals surface area contributed by atoms with Crippen molar-refractivity contribution in [3.63, 3.8) is 0 Å². The molecule has 0 saturated heterocycles. The van der Waals surface area contributed by atoms with E-state index in [1.54, 1.807) is 42.5 Å². The molecule has 0 spiro atoms. The van der Waals surface area contributed by atoms with Gasteiger partial charge < -0.3 is 10.1 Å². The van der Waals surface area contributed by atoms with Gasteiger partial charge in [0.15, 0.2) is 0 Å². The number of para-hydroxylation sites is 1. The first-order valence-electron chi connectivity index (χ1n) is 10.1. The van der Waals surface area contributed by atoms with Gasteiger partial charge in [0.1, 0.15) is 0 Å². The van der Waals surface area contributed by atoms with E-state index in [0.717, 1.165) is 5.56 Å². The van der Waals surface area contributed by atoms with Crippen LogP contribution in [0.3, 0.4) is 0 Å². The molecule has 9 heteroatoms. The molecule has 1 heterocycles. The lowest BCUT2D eigenvalue weighted by Gasteiger charge is -2.24. The number of ether oxygens (including phenoxy) is 1. The van der Waals surface area contributed by atoms with Crippen LogP contribution in [-0.2, 0) is 21.2 Å². The number of sulfonamides is 1. The number of carbonyl (C=O) groups is 2. The Morgan fingerprint density at radius 1 is 1.06 bits per heavy atom. The highest BCUT2D eigenvalue weighted by Crippen LogP contribution is 2.37. The van der Waals surface area contributed by atoms with Gasteiger partial charge in [0.25, 0.3) is 15.9 Å². The van der Waals surface area contributed by atoms with Gasteiger partial charge in [0, 0.05) is 16.6 Å². The van der Waals surface area contributed by atoms with E-state index in [1.807, 2.05) is 6.92 Å². The van der Waals surface area contributed by atoms with E-state index in [0.29, 0.717) is 28.4 Å².